The van der Waals surface area contributed by atoms with Crippen LogP contribution in [-0.2, 0) is 0 Å². The maximum Gasteiger partial charge on any atom is 0.0696 e. The lowest BCUT2D eigenvalue weighted by Gasteiger charge is -2.18. The highest BCUT2D eigenvalue weighted by Gasteiger charge is 2.29. The van der Waals surface area contributed by atoms with Gasteiger partial charge in [-0.3, -0.25) is 4.99 Å². The summed E-state index contributed by atoms with van der Waals surface area (Å²) >= 11 is 3.69. The van der Waals surface area contributed by atoms with Crippen LogP contribution in [0.15, 0.2) is 72.9 Å². The highest BCUT2D eigenvalue weighted by Crippen LogP contribution is 2.50. The maximum atomic E-state index is 4.56. The first-order chi connectivity index (χ1) is 9.33. The molecule has 0 saturated carbocycles. The second-order valence-electron chi connectivity index (χ2n) is 4.85. The predicted molar refractivity (Wildman–Crippen MR) is 86.3 cm³/mol. The quantitative estimate of drug-likeness (QED) is 0.636. The molecule has 0 atom stereocenters. The lowest BCUT2D eigenvalue weighted by atomic mass is 10.1. The fourth-order valence-corrected chi connectivity index (χ4v) is 4.65. The van der Waals surface area contributed by atoms with Crippen molar-refractivity contribution < 1.29 is 0 Å². The molecule has 0 aromatic rings. The van der Waals surface area contributed by atoms with Crippen LogP contribution in [0.1, 0.15) is 13.3 Å². The average molecular weight is 283 g/mol. The summed E-state index contributed by atoms with van der Waals surface area (Å²) in [5.74, 6) is 0. The molecule has 2 aliphatic carbocycles. The Bertz CT molecular complexity index is 682. The minimum atomic E-state index is 0.828. The van der Waals surface area contributed by atoms with Crippen LogP contribution in [0.25, 0.3) is 0 Å². The Balaban J connectivity index is 1.92. The van der Waals surface area contributed by atoms with Crippen molar-refractivity contribution in [1.29, 1.82) is 0 Å². The van der Waals surface area contributed by atoms with Crippen LogP contribution in [0.5, 0.6) is 0 Å². The molecule has 4 rings (SSSR count). The zero-order valence-electron chi connectivity index (χ0n) is 10.6. The number of aliphatic imine (C=N–C) groups is 1. The summed E-state index contributed by atoms with van der Waals surface area (Å²) in [6, 6.07) is 0. The zero-order valence-corrected chi connectivity index (χ0v) is 12.3. The number of nitrogens with zero attached hydrogens (tertiary/aromatic N) is 1. The summed E-state index contributed by atoms with van der Waals surface area (Å²) in [6.07, 6.45) is 12.2. The summed E-state index contributed by atoms with van der Waals surface area (Å²) in [5.41, 5.74) is 5.76. The molecular weight excluding hydrogens is 270 g/mol. The van der Waals surface area contributed by atoms with E-state index in [0.29, 0.717) is 0 Å². The SMILES string of the molecule is CC1=NCC2=CC=CC3=C4SC=CC=C4CC3=C2S1. The minimum absolute atomic E-state index is 0.828. The first-order valence-electron chi connectivity index (χ1n) is 6.40. The fourth-order valence-electron chi connectivity index (χ4n) is 2.75. The molecule has 2 aliphatic heterocycles. The Morgan fingerprint density at radius 3 is 2.95 bits per heavy atom. The van der Waals surface area contributed by atoms with E-state index in [1.54, 1.807) is 0 Å². The largest absolute Gasteiger partial charge is 0.278 e. The van der Waals surface area contributed by atoms with Crippen LogP contribution >= 0.6 is 23.5 Å². The standard InChI is InChI=1S/C16H13NS2/c1-10-17-9-12-4-2-6-13-14(16(12)19-10)8-11-5-3-7-18-15(11)13/h2-7H,8-9H2,1H3. The highest BCUT2D eigenvalue weighted by molar-refractivity contribution is 8.17. The van der Waals surface area contributed by atoms with Gasteiger partial charge in [0.25, 0.3) is 0 Å². The molecule has 0 aromatic heterocycles. The molecule has 0 bridgehead atoms. The van der Waals surface area contributed by atoms with E-state index in [9.17, 15) is 0 Å². The molecule has 0 fully saturated rings. The van der Waals surface area contributed by atoms with Crippen LogP contribution < -0.4 is 0 Å². The molecule has 0 spiro atoms. The van der Waals surface area contributed by atoms with Gasteiger partial charge in [-0.2, -0.15) is 0 Å². The Morgan fingerprint density at radius 2 is 2.00 bits per heavy atom. The molecule has 94 valence electrons. The molecular formula is C16H13NS2. The van der Waals surface area contributed by atoms with E-state index in [1.807, 2.05) is 23.5 Å². The Kier molecular flexibility index (Phi) is 2.71. The number of hydrogen-bond acceptors (Lipinski definition) is 3. The lowest BCUT2D eigenvalue weighted by molar-refractivity contribution is 1.14. The summed E-state index contributed by atoms with van der Waals surface area (Å²) < 4.78 is 0. The number of allylic oxidation sites excluding steroid dienone is 8. The van der Waals surface area contributed by atoms with E-state index in [1.165, 1.54) is 37.1 Å². The summed E-state index contributed by atoms with van der Waals surface area (Å²) in [5, 5.41) is 3.35. The van der Waals surface area contributed by atoms with E-state index < -0.39 is 0 Å². The summed E-state index contributed by atoms with van der Waals surface area (Å²) in [7, 11) is 0. The van der Waals surface area contributed by atoms with Crippen molar-refractivity contribution in [3.8, 4) is 0 Å². The third-order valence-corrected chi connectivity index (χ3v) is 5.79. The van der Waals surface area contributed by atoms with Gasteiger partial charge in [-0.1, -0.05) is 53.9 Å². The molecule has 0 unspecified atom stereocenters. The van der Waals surface area contributed by atoms with E-state index in [4.69, 9.17) is 0 Å². The number of rotatable bonds is 0. The number of thioether (sulfide) groups is 2. The second kappa shape index (κ2) is 4.43. The van der Waals surface area contributed by atoms with Gasteiger partial charge in [0.2, 0.25) is 0 Å². The monoisotopic (exact) mass is 283 g/mol. The second-order valence-corrected chi connectivity index (χ2v) is 6.97. The molecule has 0 aromatic carbocycles. The van der Waals surface area contributed by atoms with Crippen molar-refractivity contribution in [3.63, 3.8) is 0 Å². The Labute approximate surface area is 121 Å². The summed E-state index contributed by atoms with van der Waals surface area (Å²) in [6.45, 7) is 2.94. The first kappa shape index (κ1) is 11.6. The van der Waals surface area contributed by atoms with E-state index in [-0.39, 0.29) is 0 Å². The van der Waals surface area contributed by atoms with Gasteiger partial charge in [0.15, 0.2) is 0 Å². The maximum absolute atomic E-state index is 4.56. The predicted octanol–water partition coefficient (Wildman–Crippen LogP) is 4.75. The van der Waals surface area contributed by atoms with Crippen molar-refractivity contribution in [2.45, 2.75) is 13.3 Å². The molecule has 4 aliphatic rings. The van der Waals surface area contributed by atoms with Crippen LogP contribution in [0.4, 0.5) is 0 Å². The topological polar surface area (TPSA) is 12.4 Å². The van der Waals surface area contributed by atoms with E-state index in [0.717, 1.165) is 13.0 Å². The molecule has 0 amide bonds. The van der Waals surface area contributed by atoms with Gasteiger partial charge in [0, 0.05) is 16.2 Å². The molecule has 2 heterocycles. The van der Waals surface area contributed by atoms with Crippen LogP contribution in [0, 0.1) is 0 Å². The summed E-state index contributed by atoms with van der Waals surface area (Å²) in [4.78, 5) is 7.44. The Hall–Kier alpha value is -1.19. The van der Waals surface area contributed by atoms with Crippen molar-refractivity contribution in [1.82, 2.24) is 0 Å². The van der Waals surface area contributed by atoms with E-state index >= 15 is 0 Å². The molecule has 19 heavy (non-hydrogen) atoms. The fraction of sp³-hybridized carbons (Fsp3) is 0.188. The molecule has 0 N–H and O–H groups in total. The van der Waals surface area contributed by atoms with Crippen molar-refractivity contribution in [3.05, 3.63) is 67.9 Å². The minimum Gasteiger partial charge on any atom is -0.278 e. The Morgan fingerprint density at radius 1 is 1.11 bits per heavy atom. The smallest absolute Gasteiger partial charge is 0.0696 e. The normalized spacial score (nSPS) is 24.4. The molecule has 1 nitrogen and oxygen atoms in total. The van der Waals surface area contributed by atoms with Gasteiger partial charge in [-0.15, -0.1) is 0 Å². The van der Waals surface area contributed by atoms with Gasteiger partial charge < -0.3 is 0 Å². The van der Waals surface area contributed by atoms with Crippen molar-refractivity contribution in [2.24, 2.45) is 4.99 Å². The van der Waals surface area contributed by atoms with Gasteiger partial charge in [-0.05, 0) is 34.6 Å². The van der Waals surface area contributed by atoms with Crippen LogP contribution in [-0.4, -0.2) is 11.6 Å². The molecule has 0 radical (unpaired) electrons. The van der Waals surface area contributed by atoms with E-state index in [2.05, 4.69) is 47.7 Å². The van der Waals surface area contributed by atoms with Gasteiger partial charge in [0.05, 0.1) is 11.6 Å². The third kappa shape index (κ3) is 1.84. The van der Waals surface area contributed by atoms with Gasteiger partial charge >= 0.3 is 0 Å². The molecule has 0 saturated heterocycles. The number of fused-ring (bicyclic) bond motifs is 3. The zero-order chi connectivity index (χ0) is 12.8. The van der Waals surface area contributed by atoms with Crippen molar-refractivity contribution >= 4 is 28.6 Å². The van der Waals surface area contributed by atoms with Gasteiger partial charge in [0.1, 0.15) is 0 Å². The third-order valence-electron chi connectivity index (χ3n) is 3.64. The van der Waals surface area contributed by atoms with Crippen LogP contribution in [0.3, 0.4) is 0 Å². The van der Waals surface area contributed by atoms with Crippen molar-refractivity contribution in [2.75, 3.05) is 6.54 Å². The first-order valence-corrected chi connectivity index (χ1v) is 8.09. The highest BCUT2D eigenvalue weighted by atomic mass is 32.2. The number of hydrogen-bond donors (Lipinski definition) is 0. The average Bonchev–Trinajstić information content (AvgIpc) is 2.70. The van der Waals surface area contributed by atoms with Crippen LogP contribution in [0.2, 0.25) is 0 Å². The van der Waals surface area contributed by atoms with Gasteiger partial charge in [-0.25, -0.2) is 0 Å². The molecule has 3 heteroatoms. The lowest BCUT2D eigenvalue weighted by Crippen LogP contribution is -2.04.